The summed E-state index contributed by atoms with van der Waals surface area (Å²) in [6.45, 7) is 1.96. The van der Waals surface area contributed by atoms with Gasteiger partial charge in [0.15, 0.2) is 0 Å². The molecule has 7 heteroatoms. The van der Waals surface area contributed by atoms with Crippen LogP contribution in [0.15, 0.2) is 60.9 Å². The van der Waals surface area contributed by atoms with Crippen molar-refractivity contribution in [1.29, 1.82) is 0 Å². The van der Waals surface area contributed by atoms with Gasteiger partial charge >= 0.3 is 0 Å². The second kappa shape index (κ2) is 8.69. The highest BCUT2D eigenvalue weighted by atomic mass is 32.1. The Morgan fingerprint density at radius 1 is 1.13 bits per heavy atom. The smallest absolute Gasteiger partial charge is 0.230 e. The van der Waals surface area contributed by atoms with Crippen molar-refractivity contribution in [1.82, 2.24) is 19.5 Å². The molecule has 3 heterocycles. The summed E-state index contributed by atoms with van der Waals surface area (Å²) >= 11 is 1.50. The van der Waals surface area contributed by atoms with Crippen molar-refractivity contribution < 1.29 is 9.84 Å². The number of hydrogen-bond acceptors (Lipinski definition) is 6. The number of benzene rings is 2. The van der Waals surface area contributed by atoms with E-state index in [2.05, 4.69) is 57.4 Å². The number of ether oxygens (including phenoxy) is 1. The maximum Gasteiger partial charge on any atom is 0.230 e. The van der Waals surface area contributed by atoms with Crippen LogP contribution in [0, 0.1) is 5.92 Å². The molecule has 1 N–H and O–H groups in total. The van der Waals surface area contributed by atoms with E-state index in [9.17, 15) is 5.11 Å². The fourth-order valence-corrected chi connectivity index (χ4v) is 5.67. The number of nitrogens with zero attached hydrogens (tertiary/aromatic N) is 4. The van der Waals surface area contributed by atoms with Crippen LogP contribution in [-0.2, 0) is 6.42 Å². The molecule has 4 aromatic rings. The van der Waals surface area contributed by atoms with Gasteiger partial charge in [0.1, 0.15) is 12.1 Å². The van der Waals surface area contributed by atoms with Crippen molar-refractivity contribution in [2.24, 2.45) is 5.92 Å². The molecule has 1 aliphatic rings. The number of rotatable bonds is 6. The van der Waals surface area contributed by atoms with Crippen LogP contribution in [0.4, 0.5) is 0 Å². The molecule has 2 aromatic carbocycles. The SMILES string of the molecule is COc1cccc([C@H](c2sc3ncnn3c2O)N2CCC(Cc3ccccc3)CC2)c1. The van der Waals surface area contributed by atoms with E-state index in [1.165, 1.54) is 27.7 Å². The van der Waals surface area contributed by atoms with Crippen LogP contribution < -0.4 is 4.74 Å². The number of likely N-dealkylation sites (tertiary alicyclic amines) is 1. The topological polar surface area (TPSA) is 62.9 Å². The van der Waals surface area contributed by atoms with Crippen LogP contribution in [0.2, 0.25) is 0 Å². The van der Waals surface area contributed by atoms with Crippen molar-refractivity contribution in [2.75, 3.05) is 20.2 Å². The second-order valence-electron chi connectivity index (χ2n) is 8.09. The molecule has 0 amide bonds. The highest BCUT2D eigenvalue weighted by Crippen LogP contribution is 2.42. The molecule has 0 spiro atoms. The van der Waals surface area contributed by atoms with Crippen LogP contribution in [0.1, 0.15) is 34.9 Å². The van der Waals surface area contributed by atoms with Gasteiger partial charge in [0.25, 0.3) is 0 Å². The molecule has 6 nitrogen and oxygen atoms in total. The zero-order valence-corrected chi connectivity index (χ0v) is 18.3. The van der Waals surface area contributed by atoms with Gasteiger partial charge in [-0.2, -0.15) is 9.61 Å². The summed E-state index contributed by atoms with van der Waals surface area (Å²) < 4.78 is 7.00. The van der Waals surface area contributed by atoms with Crippen molar-refractivity contribution >= 4 is 16.3 Å². The van der Waals surface area contributed by atoms with E-state index in [1.54, 1.807) is 7.11 Å². The summed E-state index contributed by atoms with van der Waals surface area (Å²) in [5, 5.41) is 15.1. The number of hydrogen-bond donors (Lipinski definition) is 1. The summed E-state index contributed by atoms with van der Waals surface area (Å²) in [5.41, 5.74) is 2.52. The molecule has 1 aliphatic heterocycles. The average Bonchev–Trinajstić information content (AvgIpc) is 3.39. The van der Waals surface area contributed by atoms with Gasteiger partial charge in [0, 0.05) is 0 Å². The first-order chi connectivity index (χ1) is 15.2. The van der Waals surface area contributed by atoms with E-state index >= 15 is 0 Å². The molecular weight excluding hydrogens is 408 g/mol. The van der Waals surface area contributed by atoms with Gasteiger partial charge in [0.05, 0.1) is 18.0 Å². The van der Waals surface area contributed by atoms with Gasteiger partial charge in [0.2, 0.25) is 10.8 Å². The zero-order chi connectivity index (χ0) is 21.2. The van der Waals surface area contributed by atoms with Gasteiger partial charge in [-0.15, -0.1) is 0 Å². The summed E-state index contributed by atoms with van der Waals surface area (Å²) in [6, 6.07) is 18.8. The maximum atomic E-state index is 10.9. The Labute approximate surface area is 185 Å². The molecule has 0 unspecified atom stereocenters. The molecule has 1 atom stereocenters. The predicted octanol–water partition coefficient (Wildman–Crippen LogP) is 4.55. The molecule has 1 saturated heterocycles. The molecule has 5 rings (SSSR count). The Kier molecular flexibility index (Phi) is 5.61. The summed E-state index contributed by atoms with van der Waals surface area (Å²) in [7, 11) is 1.68. The molecule has 0 bridgehead atoms. The van der Waals surface area contributed by atoms with Crippen LogP contribution >= 0.6 is 11.3 Å². The monoisotopic (exact) mass is 434 g/mol. The van der Waals surface area contributed by atoms with Crippen molar-refractivity contribution in [3.8, 4) is 11.6 Å². The maximum absolute atomic E-state index is 10.9. The number of thiazole rings is 1. The summed E-state index contributed by atoms with van der Waals surface area (Å²) in [6.07, 6.45) is 4.87. The lowest BCUT2D eigenvalue weighted by molar-refractivity contribution is 0.150. The summed E-state index contributed by atoms with van der Waals surface area (Å²) in [4.78, 5) is 8.34. The highest BCUT2D eigenvalue weighted by molar-refractivity contribution is 7.17. The van der Waals surface area contributed by atoms with Crippen LogP contribution in [0.5, 0.6) is 11.6 Å². The molecule has 2 aromatic heterocycles. The van der Waals surface area contributed by atoms with E-state index in [0.29, 0.717) is 10.9 Å². The highest BCUT2D eigenvalue weighted by Gasteiger charge is 2.32. The average molecular weight is 435 g/mol. The van der Waals surface area contributed by atoms with E-state index in [4.69, 9.17) is 4.74 Å². The molecule has 0 radical (unpaired) electrons. The van der Waals surface area contributed by atoms with Crippen LogP contribution in [0.25, 0.3) is 4.96 Å². The van der Waals surface area contributed by atoms with E-state index in [-0.39, 0.29) is 11.9 Å². The fraction of sp³-hybridized carbons (Fsp3) is 0.333. The Bertz CT molecular complexity index is 1150. The zero-order valence-electron chi connectivity index (χ0n) is 17.5. The standard InChI is InChI=1S/C24H26N4O2S/c1-30-20-9-5-8-19(15-20)21(22-23(29)28-24(31-22)25-16-26-28)27-12-10-18(11-13-27)14-17-6-3-2-4-7-17/h2-9,15-16,18,21,29H,10-14H2,1H3/t21-/m1/s1. The minimum absolute atomic E-state index is 0.0544. The first kappa shape index (κ1) is 20.0. The number of piperidine rings is 1. The van der Waals surface area contributed by atoms with Gasteiger partial charge in [-0.1, -0.05) is 53.8 Å². The normalized spacial score (nSPS) is 16.5. The van der Waals surface area contributed by atoms with Crippen LogP contribution in [-0.4, -0.2) is 44.8 Å². The minimum atomic E-state index is -0.0544. The Hall–Kier alpha value is -2.90. The Balaban J connectivity index is 1.42. The predicted molar refractivity (Wildman–Crippen MR) is 122 cm³/mol. The quantitative estimate of drug-likeness (QED) is 0.482. The third-order valence-electron chi connectivity index (χ3n) is 6.18. The number of aromatic hydroxyl groups is 1. The van der Waals surface area contributed by atoms with E-state index in [0.717, 1.165) is 48.5 Å². The first-order valence-electron chi connectivity index (χ1n) is 10.7. The molecule has 31 heavy (non-hydrogen) atoms. The van der Waals surface area contributed by atoms with Crippen molar-refractivity contribution in [3.05, 3.63) is 76.9 Å². The van der Waals surface area contributed by atoms with Crippen molar-refractivity contribution in [3.63, 3.8) is 0 Å². The molecule has 160 valence electrons. The lowest BCUT2D eigenvalue weighted by atomic mass is 9.88. The van der Waals surface area contributed by atoms with Gasteiger partial charge in [-0.25, -0.2) is 4.98 Å². The lowest BCUT2D eigenvalue weighted by Crippen LogP contribution is -2.37. The lowest BCUT2D eigenvalue weighted by Gasteiger charge is -2.37. The van der Waals surface area contributed by atoms with Gasteiger partial charge in [-0.05, 0) is 61.5 Å². The first-order valence-corrected chi connectivity index (χ1v) is 11.5. The Morgan fingerprint density at radius 3 is 2.68 bits per heavy atom. The van der Waals surface area contributed by atoms with Gasteiger partial charge in [-0.3, -0.25) is 4.90 Å². The van der Waals surface area contributed by atoms with Crippen molar-refractivity contribution in [2.45, 2.75) is 25.3 Å². The van der Waals surface area contributed by atoms with E-state index in [1.807, 2.05) is 12.1 Å². The second-order valence-corrected chi connectivity index (χ2v) is 9.10. The number of fused-ring (bicyclic) bond motifs is 1. The minimum Gasteiger partial charge on any atom is -0.497 e. The Morgan fingerprint density at radius 2 is 1.94 bits per heavy atom. The fourth-order valence-electron chi connectivity index (χ4n) is 4.57. The largest absolute Gasteiger partial charge is 0.497 e. The third kappa shape index (κ3) is 4.03. The third-order valence-corrected chi connectivity index (χ3v) is 7.26. The number of aromatic nitrogens is 3. The summed E-state index contributed by atoms with van der Waals surface area (Å²) in [5.74, 6) is 1.68. The molecule has 1 fully saturated rings. The van der Waals surface area contributed by atoms with Crippen LogP contribution in [0.3, 0.4) is 0 Å². The van der Waals surface area contributed by atoms with E-state index < -0.39 is 0 Å². The molecular formula is C24H26N4O2S. The number of methoxy groups -OCH3 is 1. The molecule has 0 aliphatic carbocycles. The molecule has 0 saturated carbocycles. The van der Waals surface area contributed by atoms with Gasteiger partial charge < -0.3 is 9.84 Å².